The molecule has 0 saturated heterocycles. The van der Waals surface area contributed by atoms with Gasteiger partial charge in [-0.05, 0) is 13.3 Å². The van der Waals surface area contributed by atoms with E-state index in [1.54, 1.807) is 6.08 Å². The van der Waals surface area contributed by atoms with Crippen molar-refractivity contribution in [2.75, 3.05) is 0 Å². The second-order valence-electron chi connectivity index (χ2n) is 2.69. The Morgan fingerprint density at radius 3 is 2.73 bits per heavy atom. The molecule has 0 heterocycles. The molecule has 11 heavy (non-hydrogen) atoms. The number of ketones is 1. The third-order valence-electron chi connectivity index (χ3n) is 1.31. The Bertz CT molecular complexity index is 138. The van der Waals surface area contributed by atoms with Gasteiger partial charge in [0.25, 0.3) is 0 Å². The summed E-state index contributed by atoms with van der Waals surface area (Å²) in [5.41, 5.74) is 0. The topological polar surface area (TPSA) is 37.3 Å². The molecule has 0 amide bonds. The van der Waals surface area contributed by atoms with Crippen molar-refractivity contribution in [1.82, 2.24) is 0 Å². The molecule has 0 unspecified atom stereocenters. The predicted octanol–water partition coefficient (Wildman–Crippen LogP) is 1.68. The van der Waals surface area contributed by atoms with E-state index in [1.807, 2.05) is 6.08 Å². The normalized spacial score (nSPS) is 13.7. The number of hydrogen-bond acceptors (Lipinski definition) is 2. The monoisotopic (exact) mass is 156 g/mol. The average molecular weight is 156 g/mol. The lowest BCUT2D eigenvalue weighted by atomic mass is 10.1. The van der Waals surface area contributed by atoms with Crippen molar-refractivity contribution in [3.05, 3.63) is 12.2 Å². The van der Waals surface area contributed by atoms with Crippen LogP contribution in [0.2, 0.25) is 0 Å². The number of aliphatic hydroxyl groups excluding tert-OH is 1. The molecule has 0 aromatic rings. The largest absolute Gasteiger partial charge is 0.389 e. The molecular weight excluding hydrogens is 140 g/mol. The standard InChI is InChI=1S/C9H16O2/c1-3-4-5-6-9(11)7-8(2)10/h5-6,9,11H,3-4,7H2,1-2H3/b6-5+/t9-/m1/s1. The lowest BCUT2D eigenvalue weighted by Crippen LogP contribution is -2.07. The number of aliphatic hydroxyl groups is 1. The van der Waals surface area contributed by atoms with Crippen molar-refractivity contribution in [2.45, 2.75) is 39.2 Å². The van der Waals surface area contributed by atoms with Gasteiger partial charge in [-0.15, -0.1) is 0 Å². The molecule has 0 aromatic carbocycles. The first-order valence-electron chi connectivity index (χ1n) is 4.01. The molecule has 2 heteroatoms. The summed E-state index contributed by atoms with van der Waals surface area (Å²) in [6.45, 7) is 3.55. The Morgan fingerprint density at radius 1 is 1.64 bits per heavy atom. The van der Waals surface area contributed by atoms with E-state index < -0.39 is 6.10 Å². The van der Waals surface area contributed by atoms with E-state index in [4.69, 9.17) is 5.11 Å². The lowest BCUT2D eigenvalue weighted by Gasteiger charge is -1.99. The number of unbranched alkanes of at least 4 members (excludes halogenated alkanes) is 1. The number of allylic oxidation sites excluding steroid dienone is 1. The third kappa shape index (κ3) is 7.26. The molecule has 0 bridgehead atoms. The Kier molecular flexibility index (Phi) is 5.75. The Morgan fingerprint density at radius 2 is 2.27 bits per heavy atom. The molecule has 0 aliphatic rings. The van der Waals surface area contributed by atoms with Gasteiger partial charge in [-0.2, -0.15) is 0 Å². The van der Waals surface area contributed by atoms with E-state index in [0.717, 1.165) is 12.8 Å². The average Bonchev–Trinajstić information content (AvgIpc) is 1.86. The van der Waals surface area contributed by atoms with Crippen molar-refractivity contribution >= 4 is 5.78 Å². The first-order valence-corrected chi connectivity index (χ1v) is 4.01. The summed E-state index contributed by atoms with van der Waals surface area (Å²) in [5.74, 6) is 0.0265. The van der Waals surface area contributed by atoms with Crippen LogP contribution in [-0.4, -0.2) is 17.0 Å². The van der Waals surface area contributed by atoms with Gasteiger partial charge in [-0.1, -0.05) is 25.5 Å². The molecule has 2 nitrogen and oxygen atoms in total. The summed E-state index contributed by atoms with van der Waals surface area (Å²) in [5, 5.41) is 9.14. The fourth-order valence-electron chi connectivity index (χ4n) is 0.783. The molecule has 0 saturated carbocycles. The summed E-state index contributed by atoms with van der Waals surface area (Å²) >= 11 is 0. The zero-order valence-corrected chi connectivity index (χ0v) is 7.21. The van der Waals surface area contributed by atoms with Gasteiger partial charge in [0.15, 0.2) is 0 Å². The fourth-order valence-corrected chi connectivity index (χ4v) is 0.783. The maximum Gasteiger partial charge on any atom is 0.132 e. The molecule has 64 valence electrons. The minimum absolute atomic E-state index is 0.0265. The second-order valence-corrected chi connectivity index (χ2v) is 2.69. The highest BCUT2D eigenvalue weighted by molar-refractivity contribution is 5.76. The van der Waals surface area contributed by atoms with Crippen LogP contribution in [-0.2, 0) is 4.79 Å². The van der Waals surface area contributed by atoms with E-state index in [9.17, 15) is 4.79 Å². The van der Waals surface area contributed by atoms with Crippen LogP contribution in [0.15, 0.2) is 12.2 Å². The van der Waals surface area contributed by atoms with E-state index in [0.29, 0.717) is 0 Å². The molecule has 0 fully saturated rings. The lowest BCUT2D eigenvalue weighted by molar-refractivity contribution is -0.118. The molecular formula is C9H16O2. The zero-order valence-electron chi connectivity index (χ0n) is 7.21. The number of rotatable bonds is 5. The van der Waals surface area contributed by atoms with Crippen molar-refractivity contribution < 1.29 is 9.90 Å². The molecule has 0 spiro atoms. The third-order valence-corrected chi connectivity index (χ3v) is 1.31. The molecule has 1 N–H and O–H groups in total. The SMILES string of the molecule is CCC/C=C/[C@@H](O)CC(C)=O. The molecule has 1 atom stereocenters. The Hall–Kier alpha value is -0.630. The summed E-state index contributed by atoms with van der Waals surface area (Å²) in [6.07, 6.45) is 5.29. The quantitative estimate of drug-likeness (QED) is 0.615. The number of carbonyl (C=O) groups excluding carboxylic acids is 1. The van der Waals surface area contributed by atoms with Gasteiger partial charge >= 0.3 is 0 Å². The van der Waals surface area contributed by atoms with Gasteiger partial charge in [0.1, 0.15) is 5.78 Å². The van der Waals surface area contributed by atoms with Gasteiger partial charge in [0, 0.05) is 6.42 Å². The first kappa shape index (κ1) is 10.4. The van der Waals surface area contributed by atoms with E-state index >= 15 is 0 Å². The van der Waals surface area contributed by atoms with E-state index in [1.165, 1.54) is 6.92 Å². The molecule has 0 aliphatic carbocycles. The van der Waals surface area contributed by atoms with Crippen molar-refractivity contribution in [2.24, 2.45) is 0 Å². The second kappa shape index (κ2) is 6.10. The van der Waals surface area contributed by atoms with Crippen LogP contribution in [0, 0.1) is 0 Å². The smallest absolute Gasteiger partial charge is 0.132 e. The number of carbonyl (C=O) groups is 1. The highest BCUT2D eigenvalue weighted by atomic mass is 16.3. The molecule has 0 aliphatic heterocycles. The zero-order chi connectivity index (χ0) is 8.69. The Balaban J connectivity index is 3.50. The van der Waals surface area contributed by atoms with Crippen LogP contribution in [0.5, 0.6) is 0 Å². The maximum atomic E-state index is 10.5. The van der Waals surface area contributed by atoms with Crippen LogP contribution in [0.25, 0.3) is 0 Å². The highest BCUT2D eigenvalue weighted by Crippen LogP contribution is 1.97. The molecule has 0 aromatic heterocycles. The summed E-state index contributed by atoms with van der Waals surface area (Å²) in [6, 6.07) is 0. The van der Waals surface area contributed by atoms with Crippen LogP contribution >= 0.6 is 0 Å². The van der Waals surface area contributed by atoms with Crippen LogP contribution in [0.1, 0.15) is 33.1 Å². The number of hydrogen-bond donors (Lipinski definition) is 1. The van der Waals surface area contributed by atoms with Gasteiger partial charge in [0.05, 0.1) is 6.10 Å². The number of Topliss-reactive ketones (excluding diaryl/α,β-unsaturated/α-hetero) is 1. The Labute approximate surface area is 67.9 Å². The predicted molar refractivity (Wildman–Crippen MR) is 45.4 cm³/mol. The summed E-state index contributed by atoms with van der Waals surface area (Å²) in [7, 11) is 0. The molecule has 0 rings (SSSR count). The van der Waals surface area contributed by atoms with Gasteiger partial charge < -0.3 is 5.11 Å². The minimum Gasteiger partial charge on any atom is -0.389 e. The summed E-state index contributed by atoms with van der Waals surface area (Å²) < 4.78 is 0. The van der Waals surface area contributed by atoms with Gasteiger partial charge in [0.2, 0.25) is 0 Å². The van der Waals surface area contributed by atoms with Crippen LogP contribution in [0.3, 0.4) is 0 Å². The van der Waals surface area contributed by atoms with Crippen molar-refractivity contribution in [3.8, 4) is 0 Å². The molecule has 0 radical (unpaired) electrons. The van der Waals surface area contributed by atoms with Crippen molar-refractivity contribution in [3.63, 3.8) is 0 Å². The highest BCUT2D eigenvalue weighted by Gasteiger charge is 2.00. The fraction of sp³-hybridized carbons (Fsp3) is 0.667. The maximum absolute atomic E-state index is 10.5. The van der Waals surface area contributed by atoms with Gasteiger partial charge in [-0.3, -0.25) is 4.79 Å². The first-order chi connectivity index (χ1) is 5.16. The van der Waals surface area contributed by atoms with Crippen molar-refractivity contribution in [1.29, 1.82) is 0 Å². The van der Waals surface area contributed by atoms with Crippen LogP contribution in [0.4, 0.5) is 0 Å². The summed E-state index contributed by atoms with van der Waals surface area (Å²) in [4.78, 5) is 10.5. The van der Waals surface area contributed by atoms with E-state index in [-0.39, 0.29) is 12.2 Å². The minimum atomic E-state index is -0.584. The van der Waals surface area contributed by atoms with Crippen LogP contribution < -0.4 is 0 Å². The van der Waals surface area contributed by atoms with Gasteiger partial charge in [-0.25, -0.2) is 0 Å². The van der Waals surface area contributed by atoms with E-state index in [2.05, 4.69) is 6.92 Å².